The standard InChI is InChI=1S/C18H16N2O2S/c1-13-3-2-4-15(11-13)20-18(21)16-5-6-17(22-16)23-12-14-7-9-19-10-8-14/h2-11H,12H2,1H3,(H,20,21). The van der Waals surface area contributed by atoms with Gasteiger partial charge < -0.3 is 9.73 Å². The average molecular weight is 324 g/mol. The monoisotopic (exact) mass is 324 g/mol. The zero-order valence-corrected chi connectivity index (χ0v) is 13.5. The summed E-state index contributed by atoms with van der Waals surface area (Å²) in [5.41, 5.74) is 3.01. The number of hydrogen-bond donors (Lipinski definition) is 1. The highest BCUT2D eigenvalue weighted by molar-refractivity contribution is 7.98. The van der Waals surface area contributed by atoms with Gasteiger partial charge in [0.2, 0.25) is 0 Å². The zero-order chi connectivity index (χ0) is 16.1. The predicted molar refractivity (Wildman–Crippen MR) is 91.6 cm³/mol. The van der Waals surface area contributed by atoms with Crippen molar-refractivity contribution < 1.29 is 9.21 Å². The van der Waals surface area contributed by atoms with Gasteiger partial charge in [-0.3, -0.25) is 9.78 Å². The highest BCUT2D eigenvalue weighted by atomic mass is 32.2. The lowest BCUT2D eigenvalue weighted by Crippen LogP contribution is -2.10. The Bertz CT molecular complexity index is 800. The van der Waals surface area contributed by atoms with Crippen LogP contribution in [0.5, 0.6) is 0 Å². The van der Waals surface area contributed by atoms with Crippen LogP contribution in [-0.4, -0.2) is 10.9 Å². The van der Waals surface area contributed by atoms with Crippen molar-refractivity contribution in [3.63, 3.8) is 0 Å². The lowest BCUT2D eigenvalue weighted by atomic mass is 10.2. The number of nitrogens with zero attached hydrogens (tertiary/aromatic N) is 1. The molecular formula is C18H16N2O2S. The molecule has 1 aromatic carbocycles. The van der Waals surface area contributed by atoms with Gasteiger partial charge in [0.1, 0.15) is 0 Å². The first-order valence-electron chi connectivity index (χ1n) is 7.20. The van der Waals surface area contributed by atoms with E-state index in [2.05, 4.69) is 10.3 Å². The van der Waals surface area contributed by atoms with E-state index in [4.69, 9.17) is 4.42 Å². The van der Waals surface area contributed by atoms with Gasteiger partial charge in [0.05, 0.1) is 0 Å². The maximum Gasteiger partial charge on any atom is 0.291 e. The second-order valence-electron chi connectivity index (χ2n) is 5.09. The van der Waals surface area contributed by atoms with Crippen LogP contribution in [0, 0.1) is 6.92 Å². The van der Waals surface area contributed by atoms with Crippen molar-refractivity contribution in [3.8, 4) is 0 Å². The molecule has 0 atom stereocenters. The number of amides is 1. The van der Waals surface area contributed by atoms with Crippen molar-refractivity contribution in [3.05, 3.63) is 77.8 Å². The van der Waals surface area contributed by atoms with Gasteiger partial charge in [0.15, 0.2) is 10.9 Å². The highest BCUT2D eigenvalue weighted by Gasteiger charge is 2.12. The Balaban J connectivity index is 1.61. The van der Waals surface area contributed by atoms with Gasteiger partial charge in [-0.05, 0) is 54.4 Å². The van der Waals surface area contributed by atoms with Crippen molar-refractivity contribution in [1.82, 2.24) is 4.98 Å². The van der Waals surface area contributed by atoms with E-state index in [9.17, 15) is 4.79 Å². The van der Waals surface area contributed by atoms with Crippen LogP contribution in [0.4, 0.5) is 5.69 Å². The van der Waals surface area contributed by atoms with E-state index in [0.717, 1.165) is 27.7 Å². The summed E-state index contributed by atoms with van der Waals surface area (Å²) < 4.78 is 5.60. The first-order chi connectivity index (χ1) is 11.2. The summed E-state index contributed by atoms with van der Waals surface area (Å²) in [6.45, 7) is 1.98. The van der Waals surface area contributed by atoms with Crippen LogP contribution in [0.15, 0.2) is 70.4 Å². The number of benzene rings is 1. The molecule has 3 rings (SSSR count). The Morgan fingerprint density at radius 2 is 2.00 bits per heavy atom. The molecule has 3 aromatic rings. The van der Waals surface area contributed by atoms with Crippen molar-refractivity contribution in [1.29, 1.82) is 0 Å². The molecule has 5 heteroatoms. The van der Waals surface area contributed by atoms with Crippen LogP contribution in [0.1, 0.15) is 21.7 Å². The molecular weight excluding hydrogens is 308 g/mol. The lowest BCUT2D eigenvalue weighted by Gasteiger charge is -2.03. The van der Waals surface area contributed by atoms with Crippen LogP contribution in [0.3, 0.4) is 0 Å². The third-order valence-corrected chi connectivity index (χ3v) is 4.19. The Kier molecular flexibility index (Phi) is 4.78. The van der Waals surface area contributed by atoms with Gasteiger partial charge >= 0.3 is 0 Å². The van der Waals surface area contributed by atoms with Crippen molar-refractivity contribution in [2.75, 3.05) is 5.32 Å². The fraction of sp³-hybridized carbons (Fsp3) is 0.111. The van der Waals surface area contributed by atoms with E-state index in [1.807, 2.05) is 49.4 Å². The number of aromatic nitrogens is 1. The molecule has 2 heterocycles. The number of carbonyl (C=O) groups excluding carboxylic acids is 1. The van der Waals surface area contributed by atoms with E-state index in [1.54, 1.807) is 30.2 Å². The molecule has 0 radical (unpaired) electrons. The number of rotatable bonds is 5. The van der Waals surface area contributed by atoms with Gasteiger partial charge in [-0.25, -0.2) is 0 Å². The molecule has 0 aliphatic rings. The summed E-state index contributed by atoms with van der Waals surface area (Å²) in [6, 6.07) is 15.1. The third kappa shape index (κ3) is 4.23. The summed E-state index contributed by atoms with van der Waals surface area (Å²) in [5.74, 6) is 0.838. The largest absolute Gasteiger partial charge is 0.445 e. The number of nitrogens with one attached hydrogen (secondary N) is 1. The summed E-state index contributed by atoms with van der Waals surface area (Å²) in [4.78, 5) is 16.2. The molecule has 0 aliphatic carbocycles. The Labute approximate surface area is 138 Å². The number of furan rings is 1. The minimum Gasteiger partial charge on any atom is -0.445 e. The molecule has 2 aromatic heterocycles. The number of hydrogen-bond acceptors (Lipinski definition) is 4. The smallest absolute Gasteiger partial charge is 0.291 e. The SMILES string of the molecule is Cc1cccc(NC(=O)c2ccc(SCc3ccncc3)o2)c1. The predicted octanol–water partition coefficient (Wildman–Crippen LogP) is 4.53. The number of aryl methyl sites for hydroxylation is 1. The first-order valence-corrected chi connectivity index (χ1v) is 8.19. The van der Waals surface area contributed by atoms with E-state index in [1.165, 1.54) is 0 Å². The van der Waals surface area contributed by atoms with Crippen LogP contribution in [-0.2, 0) is 5.75 Å². The van der Waals surface area contributed by atoms with E-state index in [-0.39, 0.29) is 5.91 Å². The molecule has 4 nitrogen and oxygen atoms in total. The molecule has 1 N–H and O–H groups in total. The Morgan fingerprint density at radius 1 is 1.17 bits per heavy atom. The van der Waals surface area contributed by atoms with Gasteiger partial charge in [-0.2, -0.15) is 0 Å². The number of pyridine rings is 1. The number of anilines is 1. The van der Waals surface area contributed by atoms with Crippen molar-refractivity contribution in [2.45, 2.75) is 17.8 Å². The Morgan fingerprint density at radius 3 is 2.78 bits per heavy atom. The Hall–Kier alpha value is -2.53. The molecule has 1 amide bonds. The quantitative estimate of drug-likeness (QED) is 0.701. The van der Waals surface area contributed by atoms with E-state index < -0.39 is 0 Å². The van der Waals surface area contributed by atoms with Crippen LogP contribution in [0.2, 0.25) is 0 Å². The highest BCUT2D eigenvalue weighted by Crippen LogP contribution is 2.25. The van der Waals surface area contributed by atoms with Gasteiger partial charge in [0, 0.05) is 23.8 Å². The zero-order valence-electron chi connectivity index (χ0n) is 12.7. The van der Waals surface area contributed by atoms with Crippen molar-refractivity contribution >= 4 is 23.4 Å². The molecule has 0 spiro atoms. The van der Waals surface area contributed by atoms with E-state index >= 15 is 0 Å². The molecule has 0 fully saturated rings. The fourth-order valence-corrected chi connectivity index (χ4v) is 2.88. The van der Waals surface area contributed by atoms with E-state index in [0.29, 0.717) is 5.76 Å². The second-order valence-corrected chi connectivity index (χ2v) is 6.07. The average Bonchev–Trinajstić information content (AvgIpc) is 3.03. The fourth-order valence-electron chi connectivity index (χ4n) is 2.07. The van der Waals surface area contributed by atoms with Gasteiger partial charge in [0.25, 0.3) is 5.91 Å². The molecule has 116 valence electrons. The number of carbonyl (C=O) groups is 1. The topological polar surface area (TPSA) is 55.1 Å². The molecule has 0 saturated heterocycles. The van der Waals surface area contributed by atoms with Crippen molar-refractivity contribution in [2.24, 2.45) is 0 Å². The maximum absolute atomic E-state index is 12.2. The van der Waals surface area contributed by atoms with Crippen LogP contribution < -0.4 is 5.32 Å². The molecule has 0 aliphatic heterocycles. The van der Waals surface area contributed by atoms with Crippen LogP contribution in [0.25, 0.3) is 0 Å². The number of thioether (sulfide) groups is 1. The second kappa shape index (κ2) is 7.15. The molecule has 0 bridgehead atoms. The maximum atomic E-state index is 12.2. The van der Waals surface area contributed by atoms with Gasteiger partial charge in [-0.15, -0.1) is 0 Å². The molecule has 0 saturated carbocycles. The normalized spacial score (nSPS) is 10.5. The molecule has 23 heavy (non-hydrogen) atoms. The molecule has 0 unspecified atom stereocenters. The van der Waals surface area contributed by atoms with Crippen LogP contribution >= 0.6 is 11.8 Å². The third-order valence-electron chi connectivity index (χ3n) is 3.21. The minimum absolute atomic E-state index is 0.244. The summed E-state index contributed by atoms with van der Waals surface area (Å²) in [5, 5.41) is 3.55. The first kappa shape index (κ1) is 15.4. The summed E-state index contributed by atoms with van der Waals surface area (Å²) in [7, 11) is 0. The van der Waals surface area contributed by atoms with Gasteiger partial charge in [-0.1, -0.05) is 23.9 Å². The lowest BCUT2D eigenvalue weighted by molar-refractivity contribution is 0.0992. The minimum atomic E-state index is -0.244. The summed E-state index contributed by atoms with van der Waals surface area (Å²) in [6.07, 6.45) is 3.53. The summed E-state index contributed by atoms with van der Waals surface area (Å²) >= 11 is 1.55.